The quantitative estimate of drug-likeness (QED) is 0.663. The van der Waals surface area contributed by atoms with Crippen molar-refractivity contribution < 1.29 is 17.8 Å². The van der Waals surface area contributed by atoms with Gasteiger partial charge in [0.15, 0.2) is 0 Å². The van der Waals surface area contributed by atoms with E-state index >= 15 is 0 Å². The van der Waals surface area contributed by atoms with E-state index in [0.717, 1.165) is 14.8 Å². The van der Waals surface area contributed by atoms with E-state index in [1.54, 1.807) is 12.1 Å². The monoisotopic (exact) mass is 457 g/mol. The van der Waals surface area contributed by atoms with Crippen LogP contribution in [0.2, 0.25) is 10.0 Å². The molecule has 0 fully saturated rings. The van der Waals surface area contributed by atoms with Gasteiger partial charge in [0.1, 0.15) is 0 Å². The third-order valence-electron chi connectivity index (χ3n) is 2.19. The minimum atomic E-state index is -4.00. The molecule has 0 bridgehead atoms. The number of amides is 1. The molecule has 1 aromatic heterocycles. The van der Waals surface area contributed by atoms with Crippen molar-refractivity contribution in [3.8, 4) is 0 Å². The Hall–Kier alpha value is -0.900. The predicted molar refractivity (Wildman–Crippen MR) is 97.6 cm³/mol. The molecule has 0 aliphatic carbocycles. The Kier molecular flexibility index (Phi) is 7.72. The third-order valence-corrected chi connectivity index (χ3v) is 4.88. The maximum Gasteiger partial charge on any atom is 0.287 e. The minimum Gasteiger partial charge on any atom is -0.366 e. The second-order valence-electron chi connectivity index (χ2n) is 3.97. The number of hydrogen-bond acceptors (Lipinski definition) is 4. The minimum absolute atomic E-state index is 0.282. The number of halogens is 3. The zero-order valence-corrected chi connectivity index (χ0v) is 16.0. The Labute approximate surface area is 155 Å². The van der Waals surface area contributed by atoms with Crippen molar-refractivity contribution in [2.45, 2.75) is 0 Å². The smallest absolute Gasteiger partial charge is 0.287 e. The number of carbonyl (C=O) groups is 1. The van der Waals surface area contributed by atoms with Crippen LogP contribution in [0.25, 0.3) is 6.08 Å². The Morgan fingerprint density at radius 2 is 1.96 bits per heavy atom. The molecule has 3 N–H and O–H groups in total. The van der Waals surface area contributed by atoms with Crippen LogP contribution in [0.15, 0.2) is 39.5 Å². The summed E-state index contributed by atoms with van der Waals surface area (Å²) in [7, 11) is -4.00. The van der Waals surface area contributed by atoms with Crippen molar-refractivity contribution in [1.82, 2.24) is 0 Å². The van der Waals surface area contributed by atoms with E-state index in [-0.39, 0.29) is 10.6 Å². The van der Waals surface area contributed by atoms with Crippen LogP contribution in [0, 0.1) is 0 Å². The lowest BCUT2D eigenvalue weighted by molar-refractivity contribution is 0.100. The fourth-order valence-electron chi connectivity index (χ4n) is 1.26. The highest BCUT2D eigenvalue weighted by Gasteiger charge is 2.05. The van der Waals surface area contributed by atoms with Crippen LogP contribution < -0.4 is 5.73 Å². The molecule has 124 valence electrons. The summed E-state index contributed by atoms with van der Waals surface area (Å²) in [5, 5.41) is 3.35. The van der Waals surface area contributed by atoms with E-state index in [1.165, 1.54) is 29.5 Å². The maximum absolute atomic E-state index is 10.6. The van der Waals surface area contributed by atoms with E-state index in [9.17, 15) is 13.2 Å². The van der Waals surface area contributed by atoms with Crippen molar-refractivity contribution in [3.05, 3.63) is 60.0 Å². The van der Waals surface area contributed by atoms with Gasteiger partial charge < -0.3 is 5.73 Å². The summed E-state index contributed by atoms with van der Waals surface area (Å²) in [5.41, 5.74) is 5.29. The first-order chi connectivity index (χ1) is 10.6. The van der Waals surface area contributed by atoms with Gasteiger partial charge in [0.2, 0.25) is 5.91 Å². The number of benzene rings is 1. The Morgan fingerprint density at radius 3 is 2.39 bits per heavy atom. The fourth-order valence-corrected chi connectivity index (χ4v) is 3.50. The van der Waals surface area contributed by atoms with Crippen LogP contribution in [0.4, 0.5) is 0 Å². The summed E-state index contributed by atoms with van der Waals surface area (Å²) in [6, 6.07) is 6.29. The zero-order chi connectivity index (χ0) is 17.6. The number of hydrogen-bond donors (Lipinski definition) is 2. The summed E-state index contributed by atoms with van der Waals surface area (Å²) in [6.07, 6.45) is 1.34. The first-order valence-electron chi connectivity index (χ1n) is 5.73. The van der Waals surface area contributed by atoms with Gasteiger partial charge in [-0.2, -0.15) is 8.42 Å². The van der Waals surface area contributed by atoms with Crippen LogP contribution in [0.5, 0.6) is 0 Å². The summed E-state index contributed by atoms with van der Waals surface area (Å²) in [4.78, 5) is 11.4. The van der Waals surface area contributed by atoms with Gasteiger partial charge in [-0.15, -0.1) is 11.3 Å². The van der Waals surface area contributed by atoms with Gasteiger partial charge in [0.05, 0.1) is 16.0 Å². The predicted octanol–water partition coefficient (Wildman–Crippen LogP) is 4.46. The molecular weight excluding hydrogens is 449 g/mol. The molecular formula is C13H10BrCl2NO4S2. The van der Waals surface area contributed by atoms with Crippen LogP contribution in [0.3, 0.4) is 0 Å². The standard InChI is InChI=1S/C7H5Cl2NO.C6H5BrO3S2/c8-4-1-2-5(7(10)11)6(9)3-4;7-5-3-6(11-4-5)1-2-12(8,9)10/h1-3H,(H2,10,11);1-4H,(H,8,9,10)/b;2-1+. The molecule has 2 rings (SSSR count). The van der Waals surface area contributed by atoms with E-state index in [1.807, 2.05) is 5.38 Å². The molecule has 0 atom stereocenters. The number of primary amides is 1. The molecule has 0 unspecified atom stereocenters. The average molecular weight is 459 g/mol. The zero-order valence-electron chi connectivity index (χ0n) is 11.2. The first-order valence-corrected chi connectivity index (χ1v) is 9.66. The Morgan fingerprint density at radius 1 is 1.30 bits per heavy atom. The maximum atomic E-state index is 10.6. The Bertz CT molecular complexity index is 834. The number of nitrogens with two attached hydrogens (primary N) is 1. The lowest BCUT2D eigenvalue weighted by Gasteiger charge is -1.97. The van der Waals surface area contributed by atoms with Gasteiger partial charge in [-0.1, -0.05) is 23.2 Å². The second kappa shape index (κ2) is 8.81. The molecule has 23 heavy (non-hydrogen) atoms. The van der Waals surface area contributed by atoms with E-state index in [4.69, 9.17) is 33.5 Å². The molecule has 5 nitrogen and oxygen atoms in total. The van der Waals surface area contributed by atoms with Crippen molar-refractivity contribution in [2.24, 2.45) is 5.73 Å². The van der Waals surface area contributed by atoms with E-state index < -0.39 is 16.0 Å². The number of thiophene rings is 1. The van der Waals surface area contributed by atoms with Gasteiger partial charge in [0.25, 0.3) is 10.1 Å². The highest BCUT2D eigenvalue weighted by molar-refractivity contribution is 9.10. The fraction of sp³-hybridized carbons (Fsp3) is 0. The molecule has 0 radical (unpaired) electrons. The van der Waals surface area contributed by atoms with Gasteiger partial charge in [-0.25, -0.2) is 0 Å². The second-order valence-corrected chi connectivity index (χ2v) is 7.98. The number of rotatable bonds is 3. The van der Waals surface area contributed by atoms with Gasteiger partial charge in [0, 0.05) is 19.8 Å². The highest BCUT2D eigenvalue weighted by Crippen LogP contribution is 2.21. The van der Waals surface area contributed by atoms with E-state index in [2.05, 4.69) is 15.9 Å². The molecule has 0 saturated heterocycles. The van der Waals surface area contributed by atoms with Gasteiger partial charge in [-0.3, -0.25) is 9.35 Å². The van der Waals surface area contributed by atoms with Crippen LogP contribution in [-0.4, -0.2) is 18.9 Å². The molecule has 1 heterocycles. The SMILES string of the molecule is NC(=O)c1ccc(Cl)cc1Cl.O=S(=O)(O)/C=C/c1cc(Br)cs1. The van der Waals surface area contributed by atoms with Crippen LogP contribution in [-0.2, 0) is 10.1 Å². The van der Waals surface area contributed by atoms with Crippen LogP contribution >= 0.6 is 50.5 Å². The van der Waals surface area contributed by atoms with Crippen molar-refractivity contribution in [3.63, 3.8) is 0 Å². The Balaban J connectivity index is 0.000000231. The third kappa shape index (κ3) is 7.96. The summed E-state index contributed by atoms with van der Waals surface area (Å²) in [6.45, 7) is 0. The average Bonchev–Trinajstić information content (AvgIpc) is 2.82. The molecule has 0 aliphatic rings. The molecule has 1 amide bonds. The normalized spacial score (nSPS) is 11.1. The van der Waals surface area contributed by atoms with Gasteiger partial charge in [-0.05, 0) is 46.3 Å². The topological polar surface area (TPSA) is 97.5 Å². The lowest BCUT2D eigenvalue weighted by Crippen LogP contribution is -2.11. The molecule has 0 aliphatic heterocycles. The van der Waals surface area contributed by atoms with E-state index in [0.29, 0.717) is 5.02 Å². The highest BCUT2D eigenvalue weighted by atomic mass is 79.9. The van der Waals surface area contributed by atoms with Crippen LogP contribution in [0.1, 0.15) is 15.2 Å². The van der Waals surface area contributed by atoms with Crippen molar-refractivity contribution >= 4 is 72.6 Å². The largest absolute Gasteiger partial charge is 0.366 e. The molecule has 0 saturated carbocycles. The number of carbonyl (C=O) groups excluding carboxylic acids is 1. The lowest BCUT2D eigenvalue weighted by atomic mass is 10.2. The molecule has 2 aromatic rings. The summed E-state index contributed by atoms with van der Waals surface area (Å²) in [5.74, 6) is -0.549. The molecule has 10 heteroatoms. The van der Waals surface area contributed by atoms with Crippen molar-refractivity contribution in [1.29, 1.82) is 0 Å². The summed E-state index contributed by atoms with van der Waals surface area (Å²) < 4.78 is 29.8. The molecule has 0 spiro atoms. The van der Waals surface area contributed by atoms with Crippen molar-refractivity contribution in [2.75, 3.05) is 0 Å². The first kappa shape index (κ1) is 20.1. The molecule has 1 aromatic carbocycles. The van der Waals surface area contributed by atoms with Gasteiger partial charge >= 0.3 is 0 Å². The summed E-state index contributed by atoms with van der Waals surface area (Å²) >= 11 is 15.8.